The minimum Gasteiger partial charge on any atom is -0.373 e. The molecule has 0 aliphatic heterocycles. The van der Waals surface area contributed by atoms with Crippen LogP contribution in [0.25, 0.3) is 10.9 Å². The first-order valence-electron chi connectivity index (χ1n) is 6.92. The molecule has 0 aliphatic carbocycles. The first-order valence-corrected chi connectivity index (χ1v) is 6.92. The molecule has 0 fully saturated rings. The molecule has 112 valence electrons. The number of hydrogen-bond donors (Lipinski definition) is 1. The Kier molecular flexibility index (Phi) is 4.40. The van der Waals surface area contributed by atoms with Crippen LogP contribution in [0.4, 0.5) is 10.1 Å². The van der Waals surface area contributed by atoms with Crippen LogP contribution in [0.5, 0.6) is 0 Å². The van der Waals surface area contributed by atoms with Crippen molar-refractivity contribution in [3.8, 4) is 0 Å². The number of fused-ring (bicyclic) bond motifs is 1. The molecule has 0 bridgehead atoms. The maximum Gasteiger partial charge on any atom is 0.224 e. The number of aromatic nitrogens is 1. The molecular formula is C16H20FN3O. The normalized spacial score (nSPS) is 12.2. The second-order valence-corrected chi connectivity index (χ2v) is 5.34. The van der Waals surface area contributed by atoms with Crippen molar-refractivity contribution in [2.24, 2.45) is 5.92 Å². The summed E-state index contributed by atoms with van der Waals surface area (Å²) in [5, 5.41) is 3.40. The first-order chi connectivity index (χ1) is 9.92. The van der Waals surface area contributed by atoms with E-state index in [4.69, 9.17) is 0 Å². The highest BCUT2D eigenvalue weighted by Gasteiger charge is 2.16. The number of anilines is 1. The SMILES string of the molecule is CNC(=O)C(C)CN(C)c1cc(C)nc2ccc(F)cc12. The van der Waals surface area contributed by atoms with Crippen molar-refractivity contribution in [2.45, 2.75) is 13.8 Å². The summed E-state index contributed by atoms with van der Waals surface area (Å²) in [6.45, 7) is 4.32. The van der Waals surface area contributed by atoms with Crippen molar-refractivity contribution in [3.05, 3.63) is 35.8 Å². The number of hydrogen-bond acceptors (Lipinski definition) is 3. The lowest BCUT2D eigenvalue weighted by Gasteiger charge is -2.24. The zero-order chi connectivity index (χ0) is 15.6. The molecule has 5 heteroatoms. The van der Waals surface area contributed by atoms with Crippen molar-refractivity contribution in [1.82, 2.24) is 10.3 Å². The zero-order valence-corrected chi connectivity index (χ0v) is 12.8. The largest absolute Gasteiger partial charge is 0.373 e. The molecule has 0 aliphatic rings. The Bertz CT molecular complexity index is 672. The van der Waals surface area contributed by atoms with Crippen LogP contribution in [-0.4, -0.2) is 31.5 Å². The van der Waals surface area contributed by atoms with Crippen LogP contribution in [0, 0.1) is 18.7 Å². The van der Waals surface area contributed by atoms with Crippen LogP contribution >= 0.6 is 0 Å². The molecule has 0 spiro atoms. The molecule has 1 aromatic heterocycles. The summed E-state index contributed by atoms with van der Waals surface area (Å²) in [5.41, 5.74) is 2.50. The minimum absolute atomic E-state index is 0.0110. The molecule has 2 rings (SSSR count). The third-order valence-corrected chi connectivity index (χ3v) is 3.53. The number of carbonyl (C=O) groups is 1. The van der Waals surface area contributed by atoms with Gasteiger partial charge in [-0.2, -0.15) is 0 Å². The molecule has 1 amide bonds. The third-order valence-electron chi connectivity index (χ3n) is 3.53. The predicted octanol–water partition coefficient (Wildman–Crippen LogP) is 2.50. The number of aryl methyl sites for hydroxylation is 1. The molecule has 21 heavy (non-hydrogen) atoms. The average molecular weight is 289 g/mol. The summed E-state index contributed by atoms with van der Waals surface area (Å²) in [7, 11) is 3.53. The molecule has 2 aromatic rings. The molecule has 1 unspecified atom stereocenters. The van der Waals surface area contributed by atoms with Gasteiger partial charge in [-0.1, -0.05) is 6.92 Å². The van der Waals surface area contributed by atoms with Crippen molar-refractivity contribution >= 4 is 22.5 Å². The number of carbonyl (C=O) groups excluding carboxylic acids is 1. The van der Waals surface area contributed by atoms with E-state index in [1.807, 2.05) is 31.9 Å². The van der Waals surface area contributed by atoms with Crippen LogP contribution < -0.4 is 10.2 Å². The number of nitrogens with zero attached hydrogens (tertiary/aromatic N) is 2. The highest BCUT2D eigenvalue weighted by Crippen LogP contribution is 2.27. The van der Waals surface area contributed by atoms with Gasteiger partial charge in [0.2, 0.25) is 5.91 Å². The fraction of sp³-hybridized carbons (Fsp3) is 0.375. The van der Waals surface area contributed by atoms with Crippen LogP contribution in [-0.2, 0) is 4.79 Å². The van der Waals surface area contributed by atoms with Gasteiger partial charge in [0.25, 0.3) is 0 Å². The van der Waals surface area contributed by atoms with Gasteiger partial charge in [0.1, 0.15) is 5.82 Å². The van der Waals surface area contributed by atoms with E-state index in [-0.39, 0.29) is 17.6 Å². The highest BCUT2D eigenvalue weighted by atomic mass is 19.1. The fourth-order valence-electron chi connectivity index (χ4n) is 2.46. The fourth-order valence-corrected chi connectivity index (χ4v) is 2.46. The van der Waals surface area contributed by atoms with Crippen molar-refractivity contribution < 1.29 is 9.18 Å². The monoisotopic (exact) mass is 289 g/mol. The summed E-state index contributed by atoms with van der Waals surface area (Å²) in [4.78, 5) is 18.0. The maximum absolute atomic E-state index is 13.5. The Morgan fingerprint density at radius 3 is 2.81 bits per heavy atom. The summed E-state index contributed by atoms with van der Waals surface area (Å²) >= 11 is 0. The Balaban J connectivity index is 2.40. The van der Waals surface area contributed by atoms with E-state index in [1.165, 1.54) is 12.1 Å². The zero-order valence-electron chi connectivity index (χ0n) is 12.8. The number of benzene rings is 1. The van der Waals surface area contributed by atoms with E-state index in [9.17, 15) is 9.18 Å². The van der Waals surface area contributed by atoms with E-state index in [0.29, 0.717) is 6.54 Å². The molecular weight excluding hydrogens is 269 g/mol. The minimum atomic E-state index is -0.290. The molecule has 1 heterocycles. The average Bonchev–Trinajstić information content (AvgIpc) is 2.45. The van der Waals surface area contributed by atoms with Crippen LogP contribution in [0.1, 0.15) is 12.6 Å². The van der Waals surface area contributed by atoms with Crippen molar-refractivity contribution in [2.75, 3.05) is 25.5 Å². The first kappa shape index (κ1) is 15.2. The molecule has 1 atom stereocenters. The van der Waals surface area contributed by atoms with Gasteiger partial charge in [-0.15, -0.1) is 0 Å². The molecule has 1 N–H and O–H groups in total. The number of rotatable bonds is 4. The van der Waals surface area contributed by atoms with Crippen molar-refractivity contribution in [1.29, 1.82) is 0 Å². The maximum atomic E-state index is 13.5. The van der Waals surface area contributed by atoms with Crippen LogP contribution in [0.3, 0.4) is 0 Å². The highest BCUT2D eigenvalue weighted by molar-refractivity contribution is 5.92. The van der Waals surface area contributed by atoms with Crippen LogP contribution in [0.15, 0.2) is 24.3 Å². The predicted molar refractivity (Wildman–Crippen MR) is 82.9 cm³/mol. The summed E-state index contributed by atoms with van der Waals surface area (Å²) in [6, 6.07) is 6.49. The van der Waals surface area contributed by atoms with Gasteiger partial charge in [0.15, 0.2) is 0 Å². The van der Waals surface area contributed by atoms with Gasteiger partial charge in [-0.25, -0.2) is 4.39 Å². The van der Waals surface area contributed by atoms with Gasteiger partial charge in [-0.05, 0) is 31.2 Å². The van der Waals surface area contributed by atoms with Gasteiger partial charge in [0, 0.05) is 37.4 Å². The smallest absolute Gasteiger partial charge is 0.224 e. The van der Waals surface area contributed by atoms with E-state index in [1.54, 1.807) is 13.1 Å². The second kappa shape index (κ2) is 6.08. The molecule has 0 saturated heterocycles. The third kappa shape index (κ3) is 3.29. The molecule has 0 radical (unpaired) electrons. The Morgan fingerprint density at radius 1 is 1.43 bits per heavy atom. The standard InChI is InChI=1S/C16H20FN3O/c1-10(16(21)18-3)9-20(4)15-7-11(2)19-14-6-5-12(17)8-13(14)15/h5-8,10H,9H2,1-4H3,(H,18,21). The number of nitrogens with one attached hydrogen (secondary N) is 1. The Hall–Kier alpha value is -2.17. The summed E-state index contributed by atoms with van der Waals surface area (Å²) < 4.78 is 13.5. The summed E-state index contributed by atoms with van der Waals surface area (Å²) in [5.74, 6) is -0.456. The van der Waals surface area contributed by atoms with Gasteiger partial charge < -0.3 is 10.2 Å². The number of pyridine rings is 1. The lowest BCUT2D eigenvalue weighted by molar-refractivity contribution is -0.123. The Labute approximate surface area is 124 Å². The Morgan fingerprint density at radius 2 is 2.14 bits per heavy atom. The summed E-state index contributed by atoms with van der Waals surface area (Å²) in [6.07, 6.45) is 0. The van der Waals surface area contributed by atoms with Crippen molar-refractivity contribution in [3.63, 3.8) is 0 Å². The van der Waals surface area contributed by atoms with Gasteiger partial charge in [0.05, 0.1) is 11.4 Å². The number of halogens is 1. The van der Waals surface area contributed by atoms with Gasteiger partial charge in [-0.3, -0.25) is 9.78 Å². The van der Waals surface area contributed by atoms with Gasteiger partial charge >= 0.3 is 0 Å². The van der Waals surface area contributed by atoms with E-state index < -0.39 is 0 Å². The topological polar surface area (TPSA) is 45.2 Å². The van der Waals surface area contributed by atoms with E-state index in [0.717, 1.165) is 22.3 Å². The van der Waals surface area contributed by atoms with Crippen LogP contribution in [0.2, 0.25) is 0 Å². The second-order valence-electron chi connectivity index (χ2n) is 5.34. The molecule has 0 saturated carbocycles. The van der Waals surface area contributed by atoms with E-state index >= 15 is 0 Å². The molecule has 4 nitrogen and oxygen atoms in total. The molecule has 1 aromatic carbocycles. The lowest BCUT2D eigenvalue weighted by Crippen LogP contribution is -2.34. The lowest BCUT2D eigenvalue weighted by atomic mass is 10.1. The van der Waals surface area contributed by atoms with E-state index in [2.05, 4.69) is 10.3 Å². The number of amides is 1. The quantitative estimate of drug-likeness (QED) is 0.940.